The van der Waals surface area contributed by atoms with Gasteiger partial charge in [-0.1, -0.05) is 0 Å². The lowest BCUT2D eigenvalue weighted by atomic mass is 10.3. The third-order valence-corrected chi connectivity index (χ3v) is 4.22. The molecule has 1 amide bonds. The second-order valence-corrected chi connectivity index (χ2v) is 6.59. The molecule has 2 rings (SSSR count). The molecule has 0 saturated heterocycles. The van der Waals surface area contributed by atoms with Gasteiger partial charge in [0.05, 0.1) is 3.79 Å². The van der Waals surface area contributed by atoms with E-state index in [2.05, 4.69) is 36.8 Å². The predicted octanol–water partition coefficient (Wildman–Crippen LogP) is 2.70. The lowest BCUT2D eigenvalue weighted by Gasteiger charge is -2.04. The number of carbonyl (C=O) groups excluding carboxylic acids is 1. The summed E-state index contributed by atoms with van der Waals surface area (Å²) in [5.41, 5.74) is 0.332. The number of rotatable bonds is 6. The van der Waals surface area contributed by atoms with E-state index in [1.807, 2.05) is 19.1 Å². The Kier molecular flexibility index (Phi) is 5.49. The standard InChI is InChI=1S/C13H15BrN4OS/c1-2-15-12-6-4-10(17-18-12)13(19)16-8-7-9-3-5-11(14)20-9/h3-6H,2,7-8H2,1H3,(H,15,18)(H,16,19). The van der Waals surface area contributed by atoms with Gasteiger partial charge in [0.2, 0.25) is 0 Å². The monoisotopic (exact) mass is 354 g/mol. The van der Waals surface area contributed by atoms with E-state index in [0.717, 1.165) is 16.8 Å². The summed E-state index contributed by atoms with van der Waals surface area (Å²) >= 11 is 5.09. The van der Waals surface area contributed by atoms with E-state index >= 15 is 0 Å². The van der Waals surface area contributed by atoms with Gasteiger partial charge in [-0.3, -0.25) is 4.79 Å². The molecule has 0 bridgehead atoms. The fraction of sp³-hybridized carbons (Fsp3) is 0.308. The number of hydrogen-bond donors (Lipinski definition) is 2. The van der Waals surface area contributed by atoms with Crippen molar-refractivity contribution >= 4 is 39.0 Å². The van der Waals surface area contributed by atoms with Crippen LogP contribution in [0, 0.1) is 0 Å². The fourth-order valence-corrected chi connectivity index (χ4v) is 3.09. The second-order valence-electron chi connectivity index (χ2n) is 4.05. The molecule has 106 valence electrons. The number of amides is 1. The van der Waals surface area contributed by atoms with Crippen LogP contribution >= 0.6 is 27.3 Å². The zero-order chi connectivity index (χ0) is 14.4. The highest BCUT2D eigenvalue weighted by molar-refractivity contribution is 9.11. The summed E-state index contributed by atoms with van der Waals surface area (Å²) in [5.74, 6) is 0.476. The number of nitrogens with zero attached hydrogens (tertiary/aromatic N) is 2. The molecule has 2 aromatic rings. The maximum Gasteiger partial charge on any atom is 0.271 e. The molecule has 0 aromatic carbocycles. The number of carbonyl (C=O) groups is 1. The first-order chi connectivity index (χ1) is 9.69. The maximum absolute atomic E-state index is 11.9. The number of halogens is 1. The van der Waals surface area contributed by atoms with Crippen molar-refractivity contribution in [1.82, 2.24) is 15.5 Å². The Balaban J connectivity index is 1.82. The lowest BCUT2D eigenvalue weighted by molar-refractivity contribution is 0.0948. The fourth-order valence-electron chi connectivity index (χ4n) is 1.60. The molecular weight excluding hydrogens is 340 g/mol. The third-order valence-electron chi connectivity index (χ3n) is 2.54. The third kappa shape index (κ3) is 4.28. The van der Waals surface area contributed by atoms with Crippen LogP contribution in [0.1, 0.15) is 22.3 Å². The number of aromatic nitrogens is 2. The Labute approximate surface area is 129 Å². The summed E-state index contributed by atoms with van der Waals surface area (Å²) < 4.78 is 1.10. The Morgan fingerprint density at radius 3 is 2.75 bits per heavy atom. The highest BCUT2D eigenvalue weighted by atomic mass is 79.9. The van der Waals surface area contributed by atoms with E-state index in [4.69, 9.17) is 0 Å². The van der Waals surface area contributed by atoms with Crippen LogP contribution < -0.4 is 10.6 Å². The number of thiophene rings is 1. The summed E-state index contributed by atoms with van der Waals surface area (Å²) in [4.78, 5) is 13.1. The van der Waals surface area contributed by atoms with Gasteiger partial charge in [0.25, 0.3) is 5.91 Å². The first-order valence-corrected chi connectivity index (χ1v) is 7.90. The van der Waals surface area contributed by atoms with Gasteiger partial charge in [-0.25, -0.2) is 0 Å². The maximum atomic E-state index is 11.9. The molecular formula is C13H15BrN4OS. The van der Waals surface area contributed by atoms with Crippen molar-refractivity contribution in [2.24, 2.45) is 0 Å². The summed E-state index contributed by atoms with van der Waals surface area (Å²) in [6, 6.07) is 7.47. The van der Waals surface area contributed by atoms with E-state index in [9.17, 15) is 4.79 Å². The number of hydrogen-bond acceptors (Lipinski definition) is 5. The second kappa shape index (κ2) is 7.35. The molecule has 20 heavy (non-hydrogen) atoms. The van der Waals surface area contributed by atoms with E-state index in [1.165, 1.54) is 4.88 Å². The highest BCUT2D eigenvalue weighted by Gasteiger charge is 2.07. The van der Waals surface area contributed by atoms with E-state index in [1.54, 1.807) is 23.5 Å². The molecule has 7 heteroatoms. The van der Waals surface area contributed by atoms with Crippen LogP contribution in [0.25, 0.3) is 0 Å². The van der Waals surface area contributed by atoms with Crippen LogP contribution in [-0.2, 0) is 6.42 Å². The van der Waals surface area contributed by atoms with Crippen LogP contribution in [0.2, 0.25) is 0 Å². The van der Waals surface area contributed by atoms with Gasteiger partial charge in [-0.2, -0.15) is 0 Å². The minimum atomic E-state index is -0.198. The molecule has 0 aliphatic rings. The van der Waals surface area contributed by atoms with E-state index in [0.29, 0.717) is 18.1 Å². The minimum Gasteiger partial charge on any atom is -0.369 e. The molecule has 2 aromatic heterocycles. The first kappa shape index (κ1) is 14.9. The molecule has 5 nitrogen and oxygen atoms in total. The quantitative estimate of drug-likeness (QED) is 0.836. The molecule has 2 heterocycles. The van der Waals surface area contributed by atoms with Crippen LogP contribution in [0.4, 0.5) is 5.82 Å². The smallest absolute Gasteiger partial charge is 0.271 e. The lowest BCUT2D eigenvalue weighted by Crippen LogP contribution is -2.26. The Morgan fingerprint density at radius 1 is 1.30 bits per heavy atom. The summed E-state index contributed by atoms with van der Waals surface area (Å²) in [5, 5.41) is 13.7. The van der Waals surface area contributed by atoms with Crippen LogP contribution in [0.15, 0.2) is 28.1 Å². The zero-order valence-electron chi connectivity index (χ0n) is 11.0. The van der Waals surface area contributed by atoms with Gasteiger partial charge in [-0.05, 0) is 53.5 Å². The highest BCUT2D eigenvalue weighted by Crippen LogP contribution is 2.22. The van der Waals surface area contributed by atoms with Crippen molar-refractivity contribution in [2.75, 3.05) is 18.4 Å². The molecule has 2 N–H and O–H groups in total. The van der Waals surface area contributed by atoms with E-state index < -0.39 is 0 Å². The van der Waals surface area contributed by atoms with Gasteiger partial charge >= 0.3 is 0 Å². The van der Waals surface area contributed by atoms with E-state index in [-0.39, 0.29) is 5.91 Å². The van der Waals surface area contributed by atoms with Gasteiger partial charge in [-0.15, -0.1) is 21.5 Å². The predicted molar refractivity (Wildman–Crippen MR) is 84.3 cm³/mol. The normalized spacial score (nSPS) is 10.3. The Hall–Kier alpha value is -1.47. The Bertz CT molecular complexity index is 570. The summed E-state index contributed by atoms with van der Waals surface area (Å²) in [7, 11) is 0. The molecule has 0 unspecified atom stereocenters. The molecule has 0 spiro atoms. The van der Waals surface area contributed by atoms with Crippen molar-refractivity contribution in [1.29, 1.82) is 0 Å². The molecule has 0 aliphatic heterocycles. The SMILES string of the molecule is CCNc1ccc(C(=O)NCCc2ccc(Br)s2)nn1. The van der Waals surface area contributed by atoms with Gasteiger partial charge in [0.1, 0.15) is 5.82 Å². The average molecular weight is 355 g/mol. The first-order valence-electron chi connectivity index (χ1n) is 6.29. The zero-order valence-corrected chi connectivity index (χ0v) is 13.4. The number of nitrogens with one attached hydrogen (secondary N) is 2. The van der Waals surface area contributed by atoms with Crippen molar-refractivity contribution in [3.05, 3.63) is 38.6 Å². The minimum absolute atomic E-state index is 0.198. The molecule has 0 atom stereocenters. The van der Waals surface area contributed by atoms with Gasteiger partial charge in [0, 0.05) is 18.0 Å². The van der Waals surface area contributed by atoms with Gasteiger partial charge < -0.3 is 10.6 Å². The van der Waals surface area contributed by atoms with Crippen LogP contribution in [0.3, 0.4) is 0 Å². The molecule has 0 saturated carbocycles. The van der Waals surface area contributed by atoms with Crippen LogP contribution in [-0.4, -0.2) is 29.2 Å². The molecule has 0 aliphatic carbocycles. The average Bonchev–Trinajstić information content (AvgIpc) is 2.85. The Morgan fingerprint density at radius 2 is 2.15 bits per heavy atom. The topological polar surface area (TPSA) is 66.9 Å². The van der Waals surface area contributed by atoms with Crippen molar-refractivity contribution in [2.45, 2.75) is 13.3 Å². The molecule has 0 fully saturated rings. The van der Waals surface area contributed by atoms with Crippen molar-refractivity contribution in [3.63, 3.8) is 0 Å². The van der Waals surface area contributed by atoms with Crippen LogP contribution in [0.5, 0.6) is 0 Å². The largest absolute Gasteiger partial charge is 0.369 e. The molecule has 0 radical (unpaired) electrons. The van der Waals surface area contributed by atoms with Crippen molar-refractivity contribution < 1.29 is 4.79 Å². The number of anilines is 1. The summed E-state index contributed by atoms with van der Waals surface area (Å²) in [6.45, 7) is 3.34. The van der Waals surface area contributed by atoms with Gasteiger partial charge in [0.15, 0.2) is 5.69 Å². The summed E-state index contributed by atoms with van der Waals surface area (Å²) in [6.07, 6.45) is 0.810. The van der Waals surface area contributed by atoms with Crippen molar-refractivity contribution in [3.8, 4) is 0 Å².